The highest BCUT2D eigenvalue weighted by molar-refractivity contribution is 7.80. The average molecular weight is 236 g/mol. The lowest BCUT2D eigenvalue weighted by atomic mass is 10.4. The van der Waals surface area contributed by atoms with Gasteiger partial charge in [0, 0.05) is 0 Å². The monoisotopic (exact) mass is 236 g/mol. The second-order valence-corrected chi connectivity index (χ2v) is 3.29. The van der Waals surface area contributed by atoms with Gasteiger partial charge in [-0.15, -0.1) is 0 Å². The van der Waals surface area contributed by atoms with E-state index in [1.165, 1.54) is 18.8 Å². The second-order valence-electron chi connectivity index (χ2n) is 2.85. The molecule has 0 fully saturated rings. The van der Waals surface area contributed by atoms with Crippen LogP contribution in [-0.4, -0.2) is 25.1 Å². The highest BCUT2D eigenvalue weighted by Crippen LogP contribution is 2.02. The molecule has 2 heterocycles. The Morgan fingerprint density at radius 3 is 2.81 bits per heavy atom. The van der Waals surface area contributed by atoms with E-state index in [2.05, 4.69) is 29.9 Å². The topological polar surface area (TPSA) is 103 Å². The summed E-state index contributed by atoms with van der Waals surface area (Å²) in [4.78, 5) is 12.2. The van der Waals surface area contributed by atoms with E-state index in [0.29, 0.717) is 23.9 Å². The Hall–Kier alpha value is -2.09. The Labute approximate surface area is 96.1 Å². The van der Waals surface area contributed by atoms with Crippen LogP contribution in [0.4, 0.5) is 5.82 Å². The summed E-state index contributed by atoms with van der Waals surface area (Å²) in [5, 5.41) is 6.61. The Balaban J connectivity index is 1.98. The highest BCUT2D eigenvalue weighted by atomic mass is 32.1. The number of nitrogens with zero attached hydrogens (tertiary/aromatic N) is 4. The van der Waals surface area contributed by atoms with Crippen LogP contribution in [0.25, 0.3) is 0 Å². The smallest absolute Gasteiger partial charge is 0.213 e. The molecular weight excluding hydrogens is 228 g/mol. The number of nitrogens with two attached hydrogens (primary N) is 1. The summed E-state index contributed by atoms with van der Waals surface area (Å²) in [6, 6.07) is 0. The van der Waals surface area contributed by atoms with Crippen LogP contribution in [0.5, 0.6) is 0 Å². The lowest BCUT2D eigenvalue weighted by Gasteiger charge is -2.02. The fourth-order valence-corrected chi connectivity index (χ4v) is 1.09. The third-order valence-electron chi connectivity index (χ3n) is 1.74. The first-order chi connectivity index (χ1) is 7.75. The summed E-state index contributed by atoms with van der Waals surface area (Å²) in [5.74, 6) is 1.13. The van der Waals surface area contributed by atoms with Gasteiger partial charge < -0.3 is 15.6 Å². The minimum atomic E-state index is 0.220. The van der Waals surface area contributed by atoms with Gasteiger partial charge in [-0.2, -0.15) is 4.98 Å². The molecule has 0 aliphatic carbocycles. The van der Waals surface area contributed by atoms with Gasteiger partial charge in [-0.25, -0.2) is 9.97 Å². The van der Waals surface area contributed by atoms with Crippen molar-refractivity contribution in [1.29, 1.82) is 0 Å². The molecule has 0 saturated carbocycles. The van der Waals surface area contributed by atoms with Crippen LogP contribution in [0, 0.1) is 0 Å². The van der Waals surface area contributed by atoms with E-state index < -0.39 is 0 Å². The molecule has 16 heavy (non-hydrogen) atoms. The molecule has 0 aliphatic heterocycles. The molecule has 2 aromatic heterocycles. The van der Waals surface area contributed by atoms with E-state index in [1.807, 2.05) is 0 Å². The molecule has 7 nitrogen and oxygen atoms in total. The summed E-state index contributed by atoms with van der Waals surface area (Å²) in [6.45, 7) is 0.414. The highest BCUT2D eigenvalue weighted by Gasteiger charge is 2.01. The van der Waals surface area contributed by atoms with Gasteiger partial charge in [-0.3, -0.25) is 0 Å². The first-order valence-electron chi connectivity index (χ1n) is 4.36. The molecule has 0 saturated heterocycles. The van der Waals surface area contributed by atoms with E-state index in [0.717, 1.165) is 0 Å². The second kappa shape index (κ2) is 4.62. The van der Waals surface area contributed by atoms with Crippen molar-refractivity contribution in [2.75, 3.05) is 5.32 Å². The van der Waals surface area contributed by atoms with Crippen LogP contribution in [0.3, 0.4) is 0 Å². The summed E-state index contributed by atoms with van der Waals surface area (Å²) < 4.78 is 4.58. The minimum Gasteiger partial charge on any atom is -0.388 e. The van der Waals surface area contributed by atoms with Gasteiger partial charge >= 0.3 is 0 Å². The predicted molar refractivity (Wildman–Crippen MR) is 59.5 cm³/mol. The van der Waals surface area contributed by atoms with Crippen molar-refractivity contribution in [3.63, 3.8) is 0 Å². The summed E-state index contributed by atoms with van der Waals surface area (Å²) >= 11 is 4.76. The fourth-order valence-electron chi connectivity index (χ4n) is 0.986. The lowest BCUT2D eigenvalue weighted by Crippen LogP contribution is -2.12. The molecular formula is C8H8N6OS. The number of thiocarbonyl (C=S) groups is 1. The molecule has 0 unspecified atom stereocenters. The maximum atomic E-state index is 5.39. The van der Waals surface area contributed by atoms with Crippen LogP contribution >= 0.6 is 12.2 Å². The molecule has 0 radical (unpaired) electrons. The number of nitrogens with one attached hydrogen (secondary N) is 1. The van der Waals surface area contributed by atoms with Gasteiger partial charge in [-0.05, 0) is 0 Å². The van der Waals surface area contributed by atoms with Crippen molar-refractivity contribution >= 4 is 23.0 Å². The molecule has 2 aromatic rings. The SMILES string of the molecule is NC(=S)c1cnc(NCc2ncon2)cn1. The van der Waals surface area contributed by atoms with E-state index in [-0.39, 0.29) is 4.99 Å². The van der Waals surface area contributed by atoms with Crippen molar-refractivity contribution < 1.29 is 4.52 Å². The normalized spacial score (nSPS) is 10.0. The lowest BCUT2D eigenvalue weighted by molar-refractivity contribution is 0.411. The first-order valence-corrected chi connectivity index (χ1v) is 4.77. The van der Waals surface area contributed by atoms with E-state index in [9.17, 15) is 0 Å². The van der Waals surface area contributed by atoms with E-state index in [1.54, 1.807) is 0 Å². The number of anilines is 1. The van der Waals surface area contributed by atoms with Crippen LogP contribution in [0.1, 0.15) is 11.5 Å². The third kappa shape index (κ3) is 2.48. The molecule has 0 spiro atoms. The Morgan fingerprint density at radius 1 is 1.38 bits per heavy atom. The maximum Gasteiger partial charge on any atom is 0.213 e. The van der Waals surface area contributed by atoms with Gasteiger partial charge in [0.05, 0.1) is 18.9 Å². The van der Waals surface area contributed by atoms with E-state index >= 15 is 0 Å². The van der Waals surface area contributed by atoms with Crippen LogP contribution < -0.4 is 11.1 Å². The zero-order valence-electron chi connectivity index (χ0n) is 8.12. The Kier molecular flexibility index (Phi) is 3.01. The van der Waals surface area contributed by atoms with Crippen molar-refractivity contribution in [3.05, 3.63) is 30.3 Å². The van der Waals surface area contributed by atoms with Gasteiger partial charge in [0.2, 0.25) is 6.39 Å². The first kappa shape index (κ1) is 10.4. The summed E-state index contributed by atoms with van der Waals surface area (Å²) in [7, 11) is 0. The average Bonchev–Trinajstić information content (AvgIpc) is 2.80. The molecule has 82 valence electrons. The number of aromatic nitrogens is 4. The van der Waals surface area contributed by atoms with Gasteiger partial charge in [0.25, 0.3) is 0 Å². The molecule has 0 aromatic carbocycles. The molecule has 8 heteroatoms. The Morgan fingerprint density at radius 2 is 2.25 bits per heavy atom. The summed E-state index contributed by atoms with van der Waals surface area (Å²) in [6.07, 6.45) is 4.30. The van der Waals surface area contributed by atoms with Gasteiger partial charge in [0.1, 0.15) is 16.5 Å². The van der Waals surface area contributed by atoms with Gasteiger partial charge in [-0.1, -0.05) is 17.4 Å². The zero-order chi connectivity index (χ0) is 11.4. The molecule has 0 amide bonds. The largest absolute Gasteiger partial charge is 0.388 e. The maximum absolute atomic E-state index is 5.39. The van der Waals surface area contributed by atoms with Crippen LogP contribution in [0.2, 0.25) is 0 Å². The van der Waals surface area contributed by atoms with Crippen molar-refractivity contribution in [2.45, 2.75) is 6.54 Å². The van der Waals surface area contributed by atoms with Crippen molar-refractivity contribution in [3.8, 4) is 0 Å². The molecule has 2 rings (SSSR count). The van der Waals surface area contributed by atoms with Crippen molar-refractivity contribution in [1.82, 2.24) is 20.1 Å². The molecule has 0 atom stereocenters. The minimum absolute atomic E-state index is 0.220. The molecule has 0 bridgehead atoms. The number of hydrogen-bond acceptors (Lipinski definition) is 7. The third-order valence-corrected chi connectivity index (χ3v) is 1.95. The van der Waals surface area contributed by atoms with Crippen LogP contribution in [0.15, 0.2) is 23.3 Å². The van der Waals surface area contributed by atoms with Gasteiger partial charge in [0.15, 0.2) is 5.82 Å². The number of rotatable bonds is 4. The molecule has 3 N–H and O–H groups in total. The Bertz CT molecular complexity index is 468. The number of hydrogen-bond donors (Lipinski definition) is 2. The summed E-state index contributed by atoms with van der Waals surface area (Å²) in [5.41, 5.74) is 5.88. The fraction of sp³-hybridized carbons (Fsp3) is 0.125. The van der Waals surface area contributed by atoms with Crippen LogP contribution in [-0.2, 0) is 6.54 Å². The quantitative estimate of drug-likeness (QED) is 0.721. The van der Waals surface area contributed by atoms with E-state index in [4.69, 9.17) is 18.0 Å². The zero-order valence-corrected chi connectivity index (χ0v) is 8.94. The molecule has 0 aliphatic rings. The standard InChI is InChI=1S/C8H8N6OS/c9-8(16)5-1-11-6(2-10-5)12-3-7-13-4-15-14-7/h1-2,4H,3H2,(H2,9,16)(H,11,12). The van der Waals surface area contributed by atoms with Crippen molar-refractivity contribution in [2.24, 2.45) is 5.73 Å². The predicted octanol–water partition coefficient (Wildman–Crippen LogP) is 0.106.